The molecule has 0 spiro atoms. The Morgan fingerprint density at radius 3 is 2.67 bits per heavy atom. The molecule has 4 heterocycles. The average Bonchev–Trinajstić information content (AvgIpc) is 2.73. The van der Waals surface area contributed by atoms with Crippen LogP contribution >= 0.6 is 0 Å². The highest BCUT2D eigenvalue weighted by Gasteiger charge is 2.46. The lowest BCUT2D eigenvalue weighted by Gasteiger charge is -2.41. The minimum atomic E-state index is -1.17. The van der Waals surface area contributed by atoms with Gasteiger partial charge in [0.25, 0.3) is 5.91 Å². The quantitative estimate of drug-likeness (QED) is 0.568. The Hall–Kier alpha value is -1.58. The third-order valence-corrected chi connectivity index (χ3v) is 4.13. The van der Waals surface area contributed by atoms with Crippen LogP contribution in [0.2, 0.25) is 0 Å². The highest BCUT2D eigenvalue weighted by Crippen LogP contribution is 2.25. The summed E-state index contributed by atoms with van der Waals surface area (Å²) in [4.78, 5) is 12.1. The van der Waals surface area contributed by atoms with Crippen LogP contribution in [0.15, 0.2) is 30.6 Å². The molecule has 3 aliphatic rings. The predicted octanol–water partition coefficient (Wildman–Crippen LogP) is -1.66. The number of nitrogens with zero attached hydrogens (tertiary/aromatic N) is 1. The normalized spacial score (nSPS) is 33.3. The van der Waals surface area contributed by atoms with E-state index < -0.39 is 30.7 Å². The van der Waals surface area contributed by atoms with Gasteiger partial charge in [-0.15, -0.1) is 0 Å². The molecule has 3 saturated heterocycles. The van der Waals surface area contributed by atoms with Crippen LogP contribution in [0.1, 0.15) is 6.42 Å². The van der Waals surface area contributed by atoms with Gasteiger partial charge in [0.2, 0.25) is 6.54 Å². The Kier molecular flexibility index (Phi) is 5.75. The van der Waals surface area contributed by atoms with Crippen molar-refractivity contribution < 1.29 is 33.8 Å². The van der Waals surface area contributed by atoms with Gasteiger partial charge in [0.15, 0.2) is 18.7 Å². The molecule has 2 bridgehead atoms. The van der Waals surface area contributed by atoms with Crippen LogP contribution in [0, 0.1) is 0 Å². The third-order valence-electron chi connectivity index (χ3n) is 4.13. The molecule has 4 rings (SSSR count). The molecule has 24 heavy (non-hydrogen) atoms. The number of carbonyl (C=O) groups is 1. The van der Waals surface area contributed by atoms with Crippen LogP contribution in [0.3, 0.4) is 0 Å². The Morgan fingerprint density at radius 2 is 1.88 bits per heavy atom. The molecule has 132 valence electrons. The highest BCUT2D eigenvalue weighted by molar-refractivity contribution is 5.74. The smallest absolute Gasteiger partial charge is 0.286 e. The molecule has 1 aromatic heterocycles. The summed E-state index contributed by atoms with van der Waals surface area (Å²) >= 11 is 0. The fourth-order valence-corrected chi connectivity index (χ4v) is 2.87. The molecular weight excluding hydrogens is 316 g/mol. The summed E-state index contributed by atoms with van der Waals surface area (Å²) in [6, 6.07) is 5.56. The fraction of sp³-hybridized carbons (Fsp3) is 0.625. The van der Waals surface area contributed by atoms with E-state index in [1.807, 2.05) is 18.2 Å². The lowest BCUT2D eigenvalue weighted by Crippen LogP contribution is -2.61. The van der Waals surface area contributed by atoms with Crippen molar-refractivity contribution >= 4 is 5.91 Å². The number of ether oxygens (including phenoxy) is 3. The van der Waals surface area contributed by atoms with Crippen molar-refractivity contribution in [3.63, 3.8) is 0 Å². The zero-order valence-corrected chi connectivity index (χ0v) is 13.3. The molecule has 0 aliphatic carbocycles. The van der Waals surface area contributed by atoms with Gasteiger partial charge in [-0.2, -0.15) is 4.57 Å². The summed E-state index contributed by atoms with van der Waals surface area (Å²) in [5.74, 6) is -0.179. The molecule has 1 aromatic rings. The zero-order chi connectivity index (χ0) is 16.9. The number of amides is 1. The fourth-order valence-electron chi connectivity index (χ4n) is 2.87. The van der Waals surface area contributed by atoms with E-state index in [0.29, 0.717) is 19.6 Å². The predicted molar refractivity (Wildman–Crippen MR) is 80.6 cm³/mol. The van der Waals surface area contributed by atoms with E-state index in [4.69, 9.17) is 14.2 Å². The number of nitrogens with one attached hydrogen (secondary N) is 1. The SMILES string of the molecule is O=C(C[n+]1ccccc1)NCC1OC2OCCCOC1C(O)C2O. The van der Waals surface area contributed by atoms with Gasteiger partial charge in [-0.05, 0) is 6.42 Å². The van der Waals surface area contributed by atoms with Crippen molar-refractivity contribution in [3.05, 3.63) is 30.6 Å². The van der Waals surface area contributed by atoms with E-state index in [1.165, 1.54) is 0 Å². The van der Waals surface area contributed by atoms with Crippen LogP contribution < -0.4 is 9.88 Å². The number of aromatic nitrogens is 1. The first-order valence-corrected chi connectivity index (χ1v) is 8.11. The summed E-state index contributed by atoms with van der Waals surface area (Å²) in [5, 5.41) is 23.0. The van der Waals surface area contributed by atoms with Crippen LogP contribution in [0.25, 0.3) is 0 Å². The number of carbonyl (C=O) groups excluding carboxylic acids is 1. The molecule has 0 saturated carbocycles. The van der Waals surface area contributed by atoms with Crippen molar-refractivity contribution in [2.75, 3.05) is 19.8 Å². The summed E-state index contributed by atoms with van der Waals surface area (Å²) < 4.78 is 18.5. The van der Waals surface area contributed by atoms with Crippen LogP contribution in [-0.2, 0) is 25.5 Å². The van der Waals surface area contributed by atoms with Crippen molar-refractivity contribution in [3.8, 4) is 0 Å². The molecule has 0 radical (unpaired) electrons. The summed E-state index contributed by atoms with van der Waals surface area (Å²) in [7, 11) is 0. The molecule has 5 atom stereocenters. The van der Waals surface area contributed by atoms with Gasteiger partial charge in [0, 0.05) is 25.3 Å². The number of rotatable bonds is 4. The number of aliphatic hydroxyl groups is 2. The summed E-state index contributed by atoms with van der Waals surface area (Å²) in [6.07, 6.45) is -0.238. The summed E-state index contributed by atoms with van der Waals surface area (Å²) in [6.45, 7) is 1.13. The van der Waals surface area contributed by atoms with Crippen molar-refractivity contribution in [2.24, 2.45) is 0 Å². The second-order valence-corrected chi connectivity index (χ2v) is 5.94. The maximum atomic E-state index is 12.1. The van der Waals surface area contributed by atoms with E-state index >= 15 is 0 Å². The Bertz CT molecular complexity index is 541. The number of pyridine rings is 1. The minimum Gasteiger partial charge on any atom is -0.387 e. The minimum absolute atomic E-state index is 0.167. The second-order valence-electron chi connectivity index (χ2n) is 5.94. The van der Waals surface area contributed by atoms with E-state index in [-0.39, 0.29) is 19.0 Å². The van der Waals surface area contributed by atoms with E-state index in [2.05, 4.69) is 5.32 Å². The molecule has 0 aromatic carbocycles. The van der Waals surface area contributed by atoms with E-state index in [0.717, 1.165) is 0 Å². The molecule has 8 heteroatoms. The van der Waals surface area contributed by atoms with Crippen molar-refractivity contribution in [1.29, 1.82) is 0 Å². The van der Waals surface area contributed by atoms with Gasteiger partial charge in [0.1, 0.15) is 24.4 Å². The average molecular weight is 339 g/mol. The molecule has 5 unspecified atom stereocenters. The number of aliphatic hydroxyl groups excluding tert-OH is 2. The van der Waals surface area contributed by atoms with E-state index in [1.54, 1.807) is 17.0 Å². The topological polar surface area (TPSA) is 101 Å². The monoisotopic (exact) mass is 339 g/mol. The molecule has 3 fully saturated rings. The van der Waals surface area contributed by atoms with Gasteiger partial charge in [-0.3, -0.25) is 4.79 Å². The van der Waals surface area contributed by atoms with Gasteiger partial charge >= 0.3 is 0 Å². The lowest BCUT2D eigenvalue weighted by atomic mass is 9.98. The van der Waals surface area contributed by atoms with E-state index in [9.17, 15) is 15.0 Å². The summed E-state index contributed by atoms with van der Waals surface area (Å²) in [5.41, 5.74) is 0. The van der Waals surface area contributed by atoms with Crippen LogP contribution in [0.5, 0.6) is 0 Å². The van der Waals surface area contributed by atoms with Gasteiger partial charge in [0.05, 0.1) is 6.61 Å². The van der Waals surface area contributed by atoms with Gasteiger partial charge < -0.3 is 29.7 Å². The molecular formula is C16H23N2O6+. The Labute approximate surface area is 140 Å². The highest BCUT2D eigenvalue weighted by atomic mass is 16.7. The lowest BCUT2D eigenvalue weighted by molar-refractivity contribution is -0.684. The first-order chi connectivity index (χ1) is 11.6. The zero-order valence-electron chi connectivity index (χ0n) is 13.3. The molecule has 3 N–H and O–H groups in total. The Morgan fingerprint density at radius 1 is 1.12 bits per heavy atom. The number of fused-ring (bicyclic) bond motifs is 6. The van der Waals surface area contributed by atoms with Gasteiger partial charge in [-0.1, -0.05) is 6.07 Å². The Balaban J connectivity index is 1.58. The van der Waals surface area contributed by atoms with Crippen LogP contribution in [0.4, 0.5) is 0 Å². The van der Waals surface area contributed by atoms with Crippen molar-refractivity contribution in [2.45, 2.75) is 43.7 Å². The third kappa shape index (κ3) is 4.08. The molecule has 8 nitrogen and oxygen atoms in total. The first-order valence-electron chi connectivity index (χ1n) is 8.11. The number of hydrogen-bond acceptors (Lipinski definition) is 6. The van der Waals surface area contributed by atoms with Crippen molar-refractivity contribution in [1.82, 2.24) is 5.32 Å². The maximum Gasteiger partial charge on any atom is 0.286 e. The molecule has 3 aliphatic heterocycles. The van der Waals surface area contributed by atoms with Crippen LogP contribution in [-0.4, -0.2) is 66.6 Å². The van der Waals surface area contributed by atoms with Gasteiger partial charge in [-0.25, -0.2) is 0 Å². The number of hydrogen-bond donors (Lipinski definition) is 3. The first kappa shape index (κ1) is 17.2. The largest absolute Gasteiger partial charge is 0.387 e. The standard InChI is InChI=1S/C16H22N2O6/c19-12(10-18-5-2-1-3-6-18)17-9-11-15-13(20)14(21)16(24-11)23-8-4-7-22-15/h1-3,5-6,11,13-16,20-21H,4,7-10H2/p+1. The second kappa shape index (κ2) is 8.00. The molecule has 1 amide bonds. The maximum absolute atomic E-state index is 12.1.